The summed E-state index contributed by atoms with van der Waals surface area (Å²) in [6, 6.07) is 11.8. The molecule has 0 N–H and O–H groups in total. The van der Waals surface area contributed by atoms with Crippen LogP contribution in [-0.2, 0) is 9.47 Å². The number of ether oxygens (including phenoxy) is 2. The number of hydrogen-bond acceptors (Lipinski definition) is 4. The predicted molar refractivity (Wildman–Crippen MR) is 93.4 cm³/mol. The maximum Gasteiger partial charge on any atom is 0.290 e. The molecule has 1 aromatic carbocycles. The molecule has 132 valence electrons. The quantitative estimate of drug-likeness (QED) is 0.859. The van der Waals surface area contributed by atoms with Crippen LogP contribution in [0.1, 0.15) is 29.8 Å². The first-order valence-corrected chi connectivity index (χ1v) is 8.86. The minimum Gasteiger partial charge on any atom is -0.459 e. The van der Waals surface area contributed by atoms with E-state index in [-0.39, 0.29) is 24.2 Å². The molecule has 5 nitrogen and oxygen atoms in total. The molecule has 25 heavy (non-hydrogen) atoms. The lowest BCUT2D eigenvalue weighted by Gasteiger charge is -2.45. The smallest absolute Gasteiger partial charge is 0.290 e. The maximum atomic E-state index is 13.2. The molecule has 2 aromatic rings. The Labute approximate surface area is 147 Å². The molecule has 1 saturated heterocycles. The molecule has 0 unspecified atom stereocenters. The lowest BCUT2D eigenvalue weighted by atomic mass is 9.87. The van der Waals surface area contributed by atoms with Crippen molar-refractivity contribution in [2.45, 2.75) is 37.5 Å². The third-order valence-corrected chi connectivity index (χ3v) is 5.31. The molecular formula is C20H23NO4. The molecule has 2 fully saturated rings. The van der Waals surface area contributed by atoms with Gasteiger partial charge in [0.1, 0.15) is 0 Å². The van der Waals surface area contributed by atoms with Gasteiger partial charge in [-0.15, -0.1) is 0 Å². The number of carbonyl (C=O) groups excluding carboxylic acids is 1. The van der Waals surface area contributed by atoms with Crippen LogP contribution >= 0.6 is 0 Å². The Morgan fingerprint density at radius 3 is 2.84 bits per heavy atom. The minimum atomic E-state index is -0.0566. The number of carbonyl (C=O) groups is 1. The molecule has 0 radical (unpaired) electrons. The molecule has 3 atom stereocenters. The van der Waals surface area contributed by atoms with Crippen LogP contribution in [0, 0.1) is 0 Å². The normalized spacial score (nSPS) is 26.3. The van der Waals surface area contributed by atoms with Gasteiger partial charge in [0.05, 0.1) is 31.1 Å². The maximum absolute atomic E-state index is 13.2. The predicted octanol–water partition coefficient (Wildman–Crippen LogP) is 3.36. The molecule has 2 aliphatic rings. The van der Waals surface area contributed by atoms with E-state index in [4.69, 9.17) is 13.9 Å². The minimum absolute atomic E-state index is 0.0497. The lowest BCUT2D eigenvalue weighted by Crippen LogP contribution is -2.56. The van der Waals surface area contributed by atoms with E-state index in [1.165, 1.54) is 0 Å². The molecule has 4 rings (SSSR count). The Kier molecular flexibility index (Phi) is 4.59. The number of methoxy groups -OCH3 is 1. The highest BCUT2D eigenvalue weighted by Gasteiger charge is 2.41. The number of nitrogens with zero attached hydrogens (tertiary/aromatic N) is 1. The highest BCUT2D eigenvalue weighted by Crippen LogP contribution is 2.33. The van der Waals surface area contributed by atoms with Gasteiger partial charge >= 0.3 is 0 Å². The summed E-state index contributed by atoms with van der Waals surface area (Å²) in [6.07, 6.45) is 4.59. The zero-order valence-electron chi connectivity index (χ0n) is 14.4. The van der Waals surface area contributed by atoms with Crippen molar-refractivity contribution in [3.63, 3.8) is 0 Å². The van der Waals surface area contributed by atoms with Crippen LogP contribution in [0.25, 0.3) is 11.1 Å². The number of hydrogen-bond donors (Lipinski definition) is 0. The molecule has 0 spiro atoms. The average Bonchev–Trinajstić information content (AvgIpc) is 3.17. The summed E-state index contributed by atoms with van der Waals surface area (Å²) >= 11 is 0. The second kappa shape index (κ2) is 7.02. The van der Waals surface area contributed by atoms with Gasteiger partial charge in [-0.25, -0.2) is 0 Å². The van der Waals surface area contributed by atoms with Gasteiger partial charge in [0.15, 0.2) is 5.76 Å². The van der Waals surface area contributed by atoms with E-state index >= 15 is 0 Å². The second-order valence-electron chi connectivity index (χ2n) is 6.68. The van der Waals surface area contributed by atoms with E-state index < -0.39 is 0 Å². The van der Waals surface area contributed by atoms with E-state index in [1.807, 2.05) is 41.3 Å². The first kappa shape index (κ1) is 16.4. The van der Waals surface area contributed by atoms with Crippen molar-refractivity contribution in [1.82, 2.24) is 4.90 Å². The van der Waals surface area contributed by atoms with Crippen LogP contribution < -0.4 is 0 Å². The number of morpholine rings is 1. The Morgan fingerprint density at radius 1 is 1.20 bits per heavy atom. The first-order chi connectivity index (χ1) is 12.3. The van der Waals surface area contributed by atoms with Gasteiger partial charge in [-0.2, -0.15) is 0 Å². The molecule has 0 bridgehead atoms. The van der Waals surface area contributed by atoms with Gasteiger partial charge in [0.2, 0.25) is 0 Å². The summed E-state index contributed by atoms with van der Waals surface area (Å²) < 4.78 is 17.0. The molecular weight excluding hydrogens is 318 g/mol. The average molecular weight is 341 g/mol. The van der Waals surface area contributed by atoms with E-state index in [9.17, 15) is 4.79 Å². The summed E-state index contributed by atoms with van der Waals surface area (Å²) in [6.45, 7) is 1.16. The van der Waals surface area contributed by atoms with Crippen molar-refractivity contribution >= 4 is 5.91 Å². The van der Waals surface area contributed by atoms with Gasteiger partial charge in [0, 0.05) is 19.2 Å². The summed E-state index contributed by atoms with van der Waals surface area (Å²) in [7, 11) is 1.74. The molecule has 1 saturated carbocycles. The van der Waals surface area contributed by atoms with Gasteiger partial charge in [0.25, 0.3) is 5.91 Å². The van der Waals surface area contributed by atoms with E-state index in [1.54, 1.807) is 13.4 Å². The standard InChI is InChI=1S/C20H23NO4/c1-23-15-7-8-18-17(13-15)21(10-12-24-18)20(22)19-16(9-11-25-19)14-5-3-2-4-6-14/h2-6,9,11,15,17-18H,7-8,10,12-13H2,1H3/t15-,17+,18+/m1/s1. The van der Waals surface area contributed by atoms with Crippen LogP contribution in [0.4, 0.5) is 0 Å². The van der Waals surface area contributed by atoms with Crippen LogP contribution in [0.15, 0.2) is 47.1 Å². The van der Waals surface area contributed by atoms with Gasteiger partial charge in [-0.3, -0.25) is 4.79 Å². The van der Waals surface area contributed by atoms with Crippen LogP contribution in [0.3, 0.4) is 0 Å². The van der Waals surface area contributed by atoms with Gasteiger partial charge in [-0.1, -0.05) is 30.3 Å². The van der Waals surface area contributed by atoms with E-state index in [0.717, 1.165) is 30.4 Å². The Bertz CT molecular complexity index is 726. The molecule has 5 heteroatoms. The summed E-state index contributed by atoms with van der Waals surface area (Å²) in [4.78, 5) is 15.2. The Balaban J connectivity index is 1.61. The molecule has 1 aliphatic carbocycles. The van der Waals surface area contributed by atoms with Crippen LogP contribution in [0.2, 0.25) is 0 Å². The SMILES string of the molecule is CO[C@@H]1CC[C@@H]2OCCN(C(=O)c3occc3-c3ccccc3)[C@H]2C1. The number of rotatable bonds is 3. The van der Waals surface area contributed by atoms with Crippen molar-refractivity contribution in [3.8, 4) is 11.1 Å². The molecule has 1 aliphatic heterocycles. The largest absolute Gasteiger partial charge is 0.459 e. The zero-order chi connectivity index (χ0) is 17.2. The summed E-state index contributed by atoms with van der Waals surface area (Å²) in [5.41, 5.74) is 1.83. The Hall–Kier alpha value is -2.11. The van der Waals surface area contributed by atoms with Crippen LogP contribution in [0.5, 0.6) is 0 Å². The number of benzene rings is 1. The van der Waals surface area contributed by atoms with Crippen LogP contribution in [-0.4, -0.2) is 49.3 Å². The monoisotopic (exact) mass is 341 g/mol. The highest BCUT2D eigenvalue weighted by atomic mass is 16.5. The molecule has 1 aromatic heterocycles. The topological polar surface area (TPSA) is 51.9 Å². The third-order valence-electron chi connectivity index (χ3n) is 5.31. The van der Waals surface area contributed by atoms with Crippen molar-refractivity contribution in [2.24, 2.45) is 0 Å². The number of fused-ring (bicyclic) bond motifs is 1. The number of amides is 1. The van der Waals surface area contributed by atoms with Crippen molar-refractivity contribution in [1.29, 1.82) is 0 Å². The van der Waals surface area contributed by atoms with Gasteiger partial charge in [-0.05, 0) is 30.9 Å². The Morgan fingerprint density at radius 2 is 2.04 bits per heavy atom. The molecule has 2 heterocycles. The van der Waals surface area contributed by atoms with E-state index in [2.05, 4.69) is 0 Å². The van der Waals surface area contributed by atoms with Crippen molar-refractivity contribution in [2.75, 3.05) is 20.3 Å². The summed E-state index contributed by atoms with van der Waals surface area (Å²) in [5.74, 6) is 0.352. The number of furan rings is 1. The van der Waals surface area contributed by atoms with Crippen molar-refractivity contribution in [3.05, 3.63) is 48.4 Å². The fourth-order valence-electron chi connectivity index (χ4n) is 3.99. The fraction of sp³-hybridized carbons (Fsp3) is 0.450. The first-order valence-electron chi connectivity index (χ1n) is 8.86. The fourth-order valence-corrected chi connectivity index (χ4v) is 3.99. The zero-order valence-corrected chi connectivity index (χ0v) is 14.4. The lowest BCUT2D eigenvalue weighted by molar-refractivity contribution is -0.101. The van der Waals surface area contributed by atoms with E-state index in [0.29, 0.717) is 18.9 Å². The third kappa shape index (κ3) is 3.10. The summed E-state index contributed by atoms with van der Waals surface area (Å²) in [5, 5.41) is 0. The van der Waals surface area contributed by atoms with Crippen molar-refractivity contribution < 1.29 is 18.7 Å². The molecule has 1 amide bonds. The van der Waals surface area contributed by atoms with Gasteiger partial charge < -0.3 is 18.8 Å². The highest BCUT2D eigenvalue weighted by molar-refractivity contribution is 5.98. The second-order valence-corrected chi connectivity index (χ2v) is 6.68.